The normalized spacial score (nSPS) is 15.5. The second-order valence-electron chi connectivity index (χ2n) is 7.35. The lowest BCUT2D eigenvalue weighted by molar-refractivity contribution is 0.220. The largest absolute Gasteiger partial charge is 0.357 e. The zero-order valence-electron chi connectivity index (χ0n) is 17.1. The molecule has 0 amide bonds. The fraction of sp³-hybridized carbons (Fsp3) is 0.545. The minimum Gasteiger partial charge on any atom is -0.357 e. The van der Waals surface area contributed by atoms with E-state index in [1.165, 1.54) is 43.5 Å². The Morgan fingerprint density at radius 3 is 2.64 bits per heavy atom. The average Bonchev–Trinajstić information content (AvgIpc) is 3.24. The van der Waals surface area contributed by atoms with E-state index in [9.17, 15) is 0 Å². The first-order chi connectivity index (χ1) is 13.8. The second kappa shape index (κ2) is 11.5. The van der Waals surface area contributed by atoms with E-state index in [0.29, 0.717) is 6.54 Å². The fourth-order valence-electron chi connectivity index (χ4n) is 3.61. The molecule has 152 valence electrons. The van der Waals surface area contributed by atoms with Gasteiger partial charge in [-0.25, -0.2) is 4.99 Å². The van der Waals surface area contributed by atoms with Crippen LogP contribution in [0.4, 0.5) is 0 Å². The lowest BCUT2D eigenvalue weighted by Crippen LogP contribution is -2.38. The van der Waals surface area contributed by atoms with Gasteiger partial charge in [0.1, 0.15) is 0 Å². The van der Waals surface area contributed by atoms with Crippen LogP contribution in [0.15, 0.2) is 47.7 Å². The minimum absolute atomic E-state index is 0.707. The van der Waals surface area contributed by atoms with Gasteiger partial charge in [0.15, 0.2) is 5.96 Å². The number of rotatable bonds is 9. The van der Waals surface area contributed by atoms with E-state index >= 15 is 0 Å². The van der Waals surface area contributed by atoms with Crippen molar-refractivity contribution in [2.24, 2.45) is 4.99 Å². The Hall–Kier alpha value is -2.34. The molecule has 2 aromatic rings. The molecular formula is C22H34N6. The average molecular weight is 383 g/mol. The van der Waals surface area contributed by atoms with Gasteiger partial charge < -0.3 is 10.6 Å². The van der Waals surface area contributed by atoms with Crippen LogP contribution in [-0.2, 0) is 19.6 Å². The minimum atomic E-state index is 0.707. The molecule has 0 spiro atoms. The number of aryl methyl sites for hydroxylation is 1. The molecule has 0 radical (unpaired) electrons. The van der Waals surface area contributed by atoms with Crippen LogP contribution in [0.2, 0.25) is 0 Å². The number of benzene rings is 1. The Bertz CT molecular complexity index is 704. The van der Waals surface area contributed by atoms with Gasteiger partial charge in [-0.3, -0.25) is 9.58 Å². The third-order valence-corrected chi connectivity index (χ3v) is 5.13. The summed E-state index contributed by atoms with van der Waals surface area (Å²) in [5, 5.41) is 11.0. The molecule has 1 aliphatic rings. The maximum absolute atomic E-state index is 4.83. The topological polar surface area (TPSA) is 57.5 Å². The van der Waals surface area contributed by atoms with Gasteiger partial charge in [-0.2, -0.15) is 5.10 Å². The molecule has 0 atom stereocenters. The van der Waals surface area contributed by atoms with Crippen LogP contribution in [0.25, 0.3) is 0 Å². The monoisotopic (exact) mass is 382 g/mol. The van der Waals surface area contributed by atoms with Gasteiger partial charge in [0, 0.05) is 38.6 Å². The standard InChI is InChI=1S/C22H34N6/c1-2-23-22(24-12-8-16-28-17-9-13-26-28)25-18-20-10-4-5-11-21(20)19-27-14-6-3-7-15-27/h4-5,9-11,13,17H,2-3,6-8,12,14-16,18-19H2,1H3,(H2,23,24,25). The molecule has 6 nitrogen and oxygen atoms in total. The Morgan fingerprint density at radius 1 is 1.07 bits per heavy atom. The highest BCUT2D eigenvalue weighted by Crippen LogP contribution is 2.16. The van der Waals surface area contributed by atoms with Crippen LogP contribution in [0.1, 0.15) is 43.7 Å². The number of aliphatic imine (C=N–C) groups is 1. The molecule has 0 aliphatic carbocycles. The highest BCUT2D eigenvalue weighted by atomic mass is 15.3. The maximum Gasteiger partial charge on any atom is 0.191 e. The van der Waals surface area contributed by atoms with Crippen LogP contribution in [-0.4, -0.2) is 46.8 Å². The predicted octanol–water partition coefficient (Wildman–Crippen LogP) is 3.01. The Labute approximate surface area is 169 Å². The summed E-state index contributed by atoms with van der Waals surface area (Å²) in [7, 11) is 0. The Kier molecular flexibility index (Phi) is 8.37. The zero-order valence-corrected chi connectivity index (χ0v) is 17.1. The first-order valence-corrected chi connectivity index (χ1v) is 10.6. The molecule has 1 aromatic carbocycles. The lowest BCUT2D eigenvalue weighted by Gasteiger charge is -2.27. The van der Waals surface area contributed by atoms with Gasteiger partial charge in [-0.15, -0.1) is 0 Å². The van der Waals surface area contributed by atoms with Gasteiger partial charge >= 0.3 is 0 Å². The van der Waals surface area contributed by atoms with Gasteiger partial charge in [-0.1, -0.05) is 30.7 Å². The molecule has 28 heavy (non-hydrogen) atoms. The van der Waals surface area contributed by atoms with Crippen molar-refractivity contribution in [1.82, 2.24) is 25.3 Å². The highest BCUT2D eigenvalue weighted by molar-refractivity contribution is 5.79. The number of guanidine groups is 1. The molecule has 2 heterocycles. The maximum atomic E-state index is 4.83. The van der Waals surface area contributed by atoms with E-state index < -0.39 is 0 Å². The smallest absolute Gasteiger partial charge is 0.191 e. The molecule has 1 saturated heterocycles. The summed E-state index contributed by atoms with van der Waals surface area (Å²) >= 11 is 0. The molecule has 0 bridgehead atoms. The van der Waals surface area contributed by atoms with Gasteiger partial charge in [0.25, 0.3) is 0 Å². The van der Waals surface area contributed by atoms with E-state index in [2.05, 4.69) is 51.8 Å². The first-order valence-electron chi connectivity index (χ1n) is 10.6. The van der Waals surface area contributed by atoms with Crippen LogP contribution in [0, 0.1) is 0 Å². The van der Waals surface area contributed by atoms with Gasteiger partial charge in [0.2, 0.25) is 0 Å². The van der Waals surface area contributed by atoms with Crippen molar-refractivity contribution in [3.8, 4) is 0 Å². The van der Waals surface area contributed by atoms with Crippen molar-refractivity contribution in [3.63, 3.8) is 0 Å². The van der Waals surface area contributed by atoms with E-state index in [1.54, 1.807) is 0 Å². The third kappa shape index (κ3) is 6.68. The van der Waals surface area contributed by atoms with Crippen molar-refractivity contribution in [2.45, 2.75) is 52.2 Å². The highest BCUT2D eigenvalue weighted by Gasteiger charge is 2.12. The van der Waals surface area contributed by atoms with Gasteiger partial charge in [0.05, 0.1) is 6.54 Å². The van der Waals surface area contributed by atoms with E-state index in [-0.39, 0.29) is 0 Å². The first kappa shape index (κ1) is 20.4. The molecular weight excluding hydrogens is 348 g/mol. The molecule has 1 fully saturated rings. The summed E-state index contributed by atoms with van der Waals surface area (Å²) in [6.45, 7) is 8.94. The van der Waals surface area contributed by atoms with Crippen LogP contribution < -0.4 is 10.6 Å². The Morgan fingerprint density at radius 2 is 1.89 bits per heavy atom. The summed E-state index contributed by atoms with van der Waals surface area (Å²) in [6, 6.07) is 10.7. The number of nitrogens with one attached hydrogen (secondary N) is 2. The van der Waals surface area contributed by atoms with Gasteiger partial charge in [-0.05, 0) is 56.5 Å². The number of piperidine rings is 1. The number of aromatic nitrogens is 2. The predicted molar refractivity (Wildman–Crippen MR) is 115 cm³/mol. The van der Waals surface area contributed by atoms with Crippen molar-refractivity contribution >= 4 is 5.96 Å². The van der Waals surface area contributed by atoms with E-state index in [1.807, 2.05) is 23.1 Å². The molecule has 0 saturated carbocycles. The van der Waals surface area contributed by atoms with Crippen molar-refractivity contribution in [2.75, 3.05) is 26.2 Å². The van der Waals surface area contributed by atoms with Crippen LogP contribution >= 0.6 is 0 Å². The number of hydrogen-bond donors (Lipinski definition) is 2. The number of hydrogen-bond acceptors (Lipinski definition) is 3. The van der Waals surface area contributed by atoms with Crippen LogP contribution in [0.3, 0.4) is 0 Å². The van der Waals surface area contributed by atoms with Crippen molar-refractivity contribution < 1.29 is 0 Å². The summed E-state index contributed by atoms with van der Waals surface area (Å²) in [6.07, 6.45) is 8.86. The number of likely N-dealkylation sites (tertiary alicyclic amines) is 1. The van der Waals surface area contributed by atoms with Crippen molar-refractivity contribution in [1.29, 1.82) is 0 Å². The Balaban J connectivity index is 1.52. The fourth-order valence-corrected chi connectivity index (χ4v) is 3.61. The molecule has 3 rings (SSSR count). The van der Waals surface area contributed by atoms with Crippen molar-refractivity contribution in [3.05, 3.63) is 53.9 Å². The zero-order chi connectivity index (χ0) is 19.4. The SMILES string of the molecule is CCNC(=NCc1ccccc1CN1CCCCC1)NCCCn1cccn1. The lowest BCUT2D eigenvalue weighted by atomic mass is 10.1. The molecule has 0 unspecified atom stereocenters. The molecule has 6 heteroatoms. The molecule has 1 aromatic heterocycles. The quantitative estimate of drug-likeness (QED) is 0.398. The summed E-state index contributed by atoms with van der Waals surface area (Å²) in [4.78, 5) is 7.40. The summed E-state index contributed by atoms with van der Waals surface area (Å²) < 4.78 is 1.96. The second-order valence-corrected chi connectivity index (χ2v) is 7.35. The van der Waals surface area contributed by atoms with Crippen LogP contribution in [0.5, 0.6) is 0 Å². The third-order valence-electron chi connectivity index (χ3n) is 5.13. The summed E-state index contributed by atoms with van der Waals surface area (Å²) in [5.74, 6) is 0.885. The number of nitrogens with zero attached hydrogens (tertiary/aromatic N) is 4. The summed E-state index contributed by atoms with van der Waals surface area (Å²) in [5.41, 5.74) is 2.73. The van der Waals surface area contributed by atoms with E-state index in [0.717, 1.165) is 38.6 Å². The molecule has 2 N–H and O–H groups in total. The molecule has 1 aliphatic heterocycles. The van der Waals surface area contributed by atoms with E-state index in [4.69, 9.17) is 4.99 Å².